The van der Waals surface area contributed by atoms with E-state index in [1.54, 1.807) is 0 Å². The number of halogens is 1. The Morgan fingerprint density at radius 2 is 2.19 bits per heavy atom. The van der Waals surface area contributed by atoms with Gasteiger partial charge in [-0.05, 0) is 38.3 Å². The highest BCUT2D eigenvalue weighted by Crippen LogP contribution is 2.24. The van der Waals surface area contributed by atoms with Crippen molar-refractivity contribution in [2.24, 2.45) is 4.99 Å². The van der Waals surface area contributed by atoms with Gasteiger partial charge >= 0.3 is 0 Å². The highest BCUT2D eigenvalue weighted by molar-refractivity contribution is 6.28. The summed E-state index contributed by atoms with van der Waals surface area (Å²) in [5.41, 5.74) is 4.54. The van der Waals surface area contributed by atoms with Crippen LogP contribution in [-0.2, 0) is 0 Å². The first-order valence-corrected chi connectivity index (χ1v) is 6.12. The van der Waals surface area contributed by atoms with Crippen molar-refractivity contribution in [1.29, 1.82) is 0 Å². The van der Waals surface area contributed by atoms with Crippen molar-refractivity contribution in [3.05, 3.63) is 34.7 Å². The van der Waals surface area contributed by atoms with E-state index in [1.807, 2.05) is 6.92 Å². The number of alkyl halides is 1. The Kier molecular flexibility index (Phi) is 4.81. The fourth-order valence-corrected chi connectivity index (χ4v) is 1.74. The van der Waals surface area contributed by atoms with Crippen molar-refractivity contribution < 1.29 is 0 Å². The van der Waals surface area contributed by atoms with Crippen LogP contribution in [0.25, 0.3) is 0 Å². The minimum Gasteiger partial charge on any atom is -0.343 e. The Labute approximate surface area is 103 Å². The van der Waals surface area contributed by atoms with Crippen LogP contribution in [0, 0.1) is 0 Å². The second-order valence-corrected chi connectivity index (χ2v) is 4.06. The molecule has 0 aromatic heterocycles. The molecule has 0 unspecified atom stereocenters. The molecule has 0 aromatic carbocycles. The molecule has 3 heteroatoms. The van der Waals surface area contributed by atoms with Gasteiger partial charge in [0.25, 0.3) is 0 Å². The molecule has 0 fully saturated rings. The standard InChI is InChI=1S/C13H19ClN2/c1-5-7-11-10(4)13(9(3)6-2)16-12(8-14)15-11/h6-7H,5,8H2,1-4H3,(H,15,16)/b9-6-,11-7-. The van der Waals surface area contributed by atoms with Gasteiger partial charge in [-0.3, -0.25) is 0 Å². The summed E-state index contributed by atoms with van der Waals surface area (Å²) in [5.74, 6) is 1.23. The van der Waals surface area contributed by atoms with Crippen molar-refractivity contribution in [2.45, 2.75) is 34.1 Å². The zero-order chi connectivity index (χ0) is 12.1. The number of nitrogens with zero attached hydrogens (tertiary/aromatic N) is 1. The summed E-state index contributed by atoms with van der Waals surface area (Å²) in [5, 5.41) is 3.26. The Morgan fingerprint density at radius 1 is 1.50 bits per heavy atom. The predicted octanol–water partition coefficient (Wildman–Crippen LogP) is 3.76. The number of amidine groups is 1. The number of aliphatic imine (C=N–C) groups is 1. The van der Waals surface area contributed by atoms with Gasteiger partial charge in [-0.15, -0.1) is 11.6 Å². The topological polar surface area (TPSA) is 24.4 Å². The molecule has 1 rings (SSSR count). The van der Waals surface area contributed by atoms with Gasteiger partial charge in [0.15, 0.2) is 0 Å². The summed E-state index contributed by atoms with van der Waals surface area (Å²) in [4.78, 5) is 4.53. The molecule has 0 aromatic rings. The molecule has 0 saturated carbocycles. The van der Waals surface area contributed by atoms with Crippen molar-refractivity contribution in [1.82, 2.24) is 5.32 Å². The van der Waals surface area contributed by atoms with Crippen molar-refractivity contribution in [3.63, 3.8) is 0 Å². The summed E-state index contributed by atoms with van der Waals surface area (Å²) >= 11 is 5.84. The molecule has 0 bridgehead atoms. The van der Waals surface area contributed by atoms with Gasteiger partial charge in [-0.25, -0.2) is 4.99 Å². The third kappa shape index (κ3) is 2.76. The van der Waals surface area contributed by atoms with Crippen molar-refractivity contribution in [3.8, 4) is 0 Å². The van der Waals surface area contributed by atoms with E-state index in [9.17, 15) is 0 Å². The van der Waals surface area contributed by atoms with Gasteiger partial charge in [-0.2, -0.15) is 0 Å². The molecule has 16 heavy (non-hydrogen) atoms. The van der Waals surface area contributed by atoms with Crippen LogP contribution >= 0.6 is 11.6 Å². The van der Waals surface area contributed by atoms with Crippen LogP contribution in [0.3, 0.4) is 0 Å². The van der Waals surface area contributed by atoms with Crippen molar-refractivity contribution >= 4 is 17.4 Å². The molecule has 0 radical (unpaired) electrons. The maximum atomic E-state index is 5.84. The number of allylic oxidation sites excluding steroid dienone is 4. The predicted molar refractivity (Wildman–Crippen MR) is 71.8 cm³/mol. The third-order valence-corrected chi connectivity index (χ3v) is 2.88. The average Bonchev–Trinajstić information content (AvgIpc) is 2.31. The third-order valence-electron chi connectivity index (χ3n) is 2.63. The maximum absolute atomic E-state index is 5.84. The van der Waals surface area contributed by atoms with Crippen LogP contribution in [0.15, 0.2) is 39.7 Å². The fourth-order valence-electron chi connectivity index (χ4n) is 1.62. The minimum atomic E-state index is 0.412. The maximum Gasteiger partial charge on any atom is 0.122 e. The van der Waals surface area contributed by atoms with Crippen LogP contribution in [0.4, 0.5) is 0 Å². The zero-order valence-corrected chi connectivity index (χ0v) is 11.2. The van der Waals surface area contributed by atoms with Gasteiger partial charge in [0.1, 0.15) is 5.84 Å². The van der Waals surface area contributed by atoms with E-state index < -0.39 is 0 Å². The Hall–Kier alpha value is -1.02. The molecule has 0 atom stereocenters. The van der Waals surface area contributed by atoms with Crippen LogP contribution in [0.2, 0.25) is 0 Å². The number of hydrogen-bond donors (Lipinski definition) is 1. The van der Waals surface area contributed by atoms with Crippen LogP contribution in [0.1, 0.15) is 34.1 Å². The number of rotatable bonds is 3. The Bertz CT molecular complexity index is 387. The van der Waals surface area contributed by atoms with E-state index >= 15 is 0 Å². The molecule has 0 spiro atoms. The van der Waals surface area contributed by atoms with E-state index in [0.717, 1.165) is 23.7 Å². The largest absolute Gasteiger partial charge is 0.343 e. The molecule has 0 saturated heterocycles. The highest BCUT2D eigenvalue weighted by Gasteiger charge is 2.15. The zero-order valence-electron chi connectivity index (χ0n) is 10.4. The summed E-state index contributed by atoms with van der Waals surface area (Å²) < 4.78 is 0. The molecule has 1 heterocycles. The van der Waals surface area contributed by atoms with Gasteiger partial charge in [0, 0.05) is 5.70 Å². The molecule has 88 valence electrons. The second kappa shape index (κ2) is 5.90. The Balaban J connectivity index is 3.22. The first-order valence-electron chi connectivity index (χ1n) is 5.59. The molecule has 1 aliphatic rings. The van der Waals surface area contributed by atoms with Crippen LogP contribution < -0.4 is 5.32 Å². The summed E-state index contributed by atoms with van der Waals surface area (Å²) in [6, 6.07) is 0. The van der Waals surface area contributed by atoms with Crippen molar-refractivity contribution in [2.75, 3.05) is 5.88 Å². The first-order chi connectivity index (χ1) is 7.63. The lowest BCUT2D eigenvalue weighted by Crippen LogP contribution is -2.29. The molecular formula is C13H19ClN2. The molecule has 0 aliphatic carbocycles. The van der Waals surface area contributed by atoms with E-state index in [-0.39, 0.29) is 0 Å². The average molecular weight is 239 g/mol. The molecule has 0 amide bonds. The monoisotopic (exact) mass is 238 g/mol. The van der Waals surface area contributed by atoms with E-state index in [2.05, 4.69) is 43.2 Å². The fraction of sp³-hybridized carbons (Fsp3) is 0.462. The SMILES string of the molecule is C/C=C(/C)C1=C(C)/C(=C/CC)NC(CCl)=N1. The first kappa shape index (κ1) is 13.0. The quantitative estimate of drug-likeness (QED) is 0.744. The number of nitrogens with one attached hydrogen (secondary N) is 1. The molecular weight excluding hydrogens is 220 g/mol. The normalized spacial score (nSPS) is 19.9. The molecule has 1 N–H and O–H groups in total. The van der Waals surface area contributed by atoms with E-state index in [0.29, 0.717) is 5.88 Å². The smallest absolute Gasteiger partial charge is 0.122 e. The van der Waals surface area contributed by atoms with Gasteiger partial charge in [0.2, 0.25) is 0 Å². The molecule has 2 nitrogen and oxygen atoms in total. The lowest BCUT2D eigenvalue weighted by Gasteiger charge is -2.21. The summed E-state index contributed by atoms with van der Waals surface area (Å²) in [6.07, 6.45) is 5.24. The van der Waals surface area contributed by atoms with Gasteiger partial charge in [-0.1, -0.05) is 19.1 Å². The lowest BCUT2D eigenvalue weighted by atomic mass is 10.0. The van der Waals surface area contributed by atoms with E-state index in [1.165, 1.54) is 11.1 Å². The second-order valence-electron chi connectivity index (χ2n) is 3.79. The molecule has 1 aliphatic heterocycles. The summed E-state index contributed by atoms with van der Waals surface area (Å²) in [7, 11) is 0. The highest BCUT2D eigenvalue weighted by atomic mass is 35.5. The van der Waals surface area contributed by atoms with Gasteiger partial charge < -0.3 is 5.32 Å². The van der Waals surface area contributed by atoms with Crippen LogP contribution in [-0.4, -0.2) is 11.7 Å². The van der Waals surface area contributed by atoms with Gasteiger partial charge in [0.05, 0.1) is 11.6 Å². The minimum absolute atomic E-state index is 0.412. The number of hydrogen-bond acceptors (Lipinski definition) is 2. The Morgan fingerprint density at radius 3 is 2.69 bits per heavy atom. The summed E-state index contributed by atoms with van der Waals surface area (Å²) in [6.45, 7) is 8.31. The van der Waals surface area contributed by atoms with E-state index in [4.69, 9.17) is 11.6 Å². The lowest BCUT2D eigenvalue weighted by molar-refractivity contribution is 0.999. The van der Waals surface area contributed by atoms with Crippen LogP contribution in [0.5, 0.6) is 0 Å².